The first-order chi connectivity index (χ1) is 17.6. The number of methoxy groups -OCH3 is 1. The van der Waals surface area contributed by atoms with Crippen molar-refractivity contribution in [1.82, 2.24) is 25.8 Å². The van der Waals surface area contributed by atoms with E-state index >= 15 is 0 Å². The van der Waals surface area contributed by atoms with E-state index in [1.165, 1.54) is 0 Å². The number of aromatic amines is 1. The van der Waals surface area contributed by atoms with Gasteiger partial charge in [0.15, 0.2) is 0 Å². The van der Waals surface area contributed by atoms with Gasteiger partial charge in [0.05, 0.1) is 18.7 Å². The minimum atomic E-state index is -0.638. The first-order valence-electron chi connectivity index (χ1n) is 12.0. The molecule has 0 spiro atoms. The molecule has 3 N–H and O–H groups in total. The highest BCUT2D eigenvalue weighted by Crippen LogP contribution is 2.26. The molecule has 9 heteroatoms. The van der Waals surface area contributed by atoms with Crippen LogP contribution in [-0.2, 0) is 4.74 Å². The van der Waals surface area contributed by atoms with Crippen LogP contribution in [0.2, 0.25) is 0 Å². The van der Waals surface area contributed by atoms with Crippen LogP contribution in [0.4, 0.5) is 4.79 Å². The summed E-state index contributed by atoms with van der Waals surface area (Å²) in [4.78, 5) is 29.9. The number of H-pyrrole nitrogens is 1. The topological polar surface area (TPSA) is 118 Å². The van der Waals surface area contributed by atoms with Gasteiger partial charge >= 0.3 is 6.09 Å². The minimum absolute atomic E-state index is 0.115. The molecule has 2 amide bonds. The Morgan fingerprint density at radius 1 is 1.05 bits per heavy atom. The van der Waals surface area contributed by atoms with Gasteiger partial charge < -0.3 is 20.1 Å². The van der Waals surface area contributed by atoms with E-state index in [0.29, 0.717) is 5.75 Å². The number of benzene rings is 2. The lowest BCUT2D eigenvalue weighted by Gasteiger charge is -2.23. The van der Waals surface area contributed by atoms with Crippen molar-refractivity contribution in [2.75, 3.05) is 13.7 Å². The number of nitrogens with zero attached hydrogens (tertiary/aromatic N) is 2. The molecule has 0 aliphatic carbocycles. The number of ether oxygens (including phenoxy) is 2. The number of rotatable bonds is 7. The van der Waals surface area contributed by atoms with Crippen molar-refractivity contribution in [3.8, 4) is 16.9 Å². The first kappa shape index (κ1) is 25.7. The molecule has 0 aliphatic heterocycles. The fourth-order valence-electron chi connectivity index (χ4n) is 3.89. The van der Waals surface area contributed by atoms with Crippen molar-refractivity contribution in [2.45, 2.75) is 39.3 Å². The van der Waals surface area contributed by atoms with Gasteiger partial charge in [-0.25, -0.2) is 4.79 Å². The van der Waals surface area contributed by atoms with Crippen LogP contribution in [0.3, 0.4) is 0 Å². The van der Waals surface area contributed by atoms with Gasteiger partial charge in [0.1, 0.15) is 17.0 Å². The molecule has 0 bridgehead atoms. The number of amides is 2. The quantitative estimate of drug-likeness (QED) is 0.330. The van der Waals surface area contributed by atoms with Gasteiger partial charge in [0.25, 0.3) is 5.91 Å². The molecule has 1 unspecified atom stereocenters. The predicted octanol–water partition coefficient (Wildman–Crippen LogP) is 4.94. The highest BCUT2D eigenvalue weighted by Gasteiger charge is 2.21. The summed E-state index contributed by atoms with van der Waals surface area (Å²) in [5, 5.41) is 14.0. The third-order valence-corrected chi connectivity index (χ3v) is 5.72. The number of hydrogen-bond acceptors (Lipinski definition) is 6. The van der Waals surface area contributed by atoms with Crippen LogP contribution in [0.25, 0.3) is 22.0 Å². The van der Waals surface area contributed by atoms with Crippen molar-refractivity contribution in [3.63, 3.8) is 0 Å². The maximum atomic E-state index is 13.3. The van der Waals surface area contributed by atoms with Crippen LogP contribution in [-0.4, -0.2) is 46.4 Å². The molecule has 2 aromatic heterocycles. The second-order valence-electron chi connectivity index (χ2n) is 9.70. The molecule has 0 saturated heterocycles. The van der Waals surface area contributed by atoms with Crippen molar-refractivity contribution in [2.24, 2.45) is 0 Å². The Morgan fingerprint density at radius 2 is 1.84 bits per heavy atom. The fraction of sp³-hybridized carbons (Fsp3) is 0.286. The van der Waals surface area contributed by atoms with E-state index < -0.39 is 17.7 Å². The lowest BCUT2D eigenvalue weighted by Crippen LogP contribution is -2.40. The highest BCUT2D eigenvalue weighted by molar-refractivity contribution is 5.94. The summed E-state index contributed by atoms with van der Waals surface area (Å²) < 4.78 is 10.7. The zero-order valence-electron chi connectivity index (χ0n) is 21.6. The second kappa shape index (κ2) is 10.7. The maximum Gasteiger partial charge on any atom is 0.407 e. The molecule has 1 atom stereocenters. The molecule has 37 heavy (non-hydrogen) atoms. The predicted molar refractivity (Wildman–Crippen MR) is 141 cm³/mol. The van der Waals surface area contributed by atoms with Gasteiger partial charge in [-0.3, -0.25) is 14.9 Å². The van der Waals surface area contributed by atoms with Crippen molar-refractivity contribution >= 4 is 22.9 Å². The van der Waals surface area contributed by atoms with Gasteiger partial charge in [0, 0.05) is 23.8 Å². The molecular formula is C28H31N5O4. The van der Waals surface area contributed by atoms with Crippen LogP contribution < -0.4 is 15.4 Å². The van der Waals surface area contributed by atoms with Crippen molar-refractivity contribution in [1.29, 1.82) is 0 Å². The SMILES string of the molecule is COc1cccc(C(CNC(=O)OC(C)(C)C)NC(=O)c2cc(-c3ccc4n[nH]c(C)c4c3)ccn2)c1. The van der Waals surface area contributed by atoms with Gasteiger partial charge in [-0.15, -0.1) is 0 Å². The Labute approximate surface area is 215 Å². The largest absolute Gasteiger partial charge is 0.497 e. The van der Waals surface area contributed by atoms with Crippen LogP contribution in [0.1, 0.15) is 48.6 Å². The molecule has 0 fully saturated rings. The molecule has 0 radical (unpaired) electrons. The van der Waals surface area contributed by atoms with E-state index in [0.717, 1.165) is 33.3 Å². The third-order valence-electron chi connectivity index (χ3n) is 5.72. The summed E-state index contributed by atoms with van der Waals surface area (Å²) in [6.07, 6.45) is 1.04. The van der Waals surface area contributed by atoms with E-state index in [2.05, 4.69) is 25.8 Å². The highest BCUT2D eigenvalue weighted by atomic mass is 16.6. The maximum absolute atomic E-state index is 13.3. The van der Waals surface area contributed by atoms with E-state index in [1.54, 1.807) is 40.1 Å². The third kappa shape index (κ3) is 6.43. The van der Waals surface area contributed by atoms with Crippen molar-refractivity contribution in [3.05, 3.63) is 77.7 Å². The molecule has 4 rings (SSSR count). The van der Waals surface area contributed by atoms with Crippen molar-refractivity contribution < 1.29 is 19.1 Å². The molecule has 0 aliphatic rings. The van der Waals surface area contributed by atoms with E-state index in [1.807, 2.05) is 55.5 Å². The average Bonchev–Trinajstić information content (AvgIpc) is 3.25. The minimum Gasteiger partial charge on any atom is -0.497 e. The smallest absolute Gasteiger partial charge is 0.407 e. The number of fused-ring (bicyclic) bond motifs is 1. The second-order valence-corrected chi connectivity index (χ2v) is 9.70. The van der Waals surface area contributed by atoms with E-state index in [4.69, 9.17) is 9.47 Å². The Morgan fingerprint density at radius 3 is 2.59 bits per heavy atom. The normalized spacial score (nSPS) is 12.1. The summed E-state index contributed by atoms with van der Waals surface area (Å²) in [7, 11) is 1.57. The Kier molecular flexibility index (Phi) is 7.42. The van der Waals surface area contributed by atoms with Gasteiger partial charge in [-0.1, -0.05) is 18.2 Å². The molecule has 192 valence electrons. The number of hydrogen-bond donors (Lipinski definition) is 3. The monoisotopic (exact) mass is 501 g/mol. The zero-order chi connectivity index (χ0) is 26.6. The zero-order valence-corrected chi connectivity index (χ0v) is 21.6. The molecule has 0 saturated carbocycles. The van der Waals surface area contributed by atoms with Crippen LogP contribution in [0, 0.1) is 6.92 Å². The molecule has 9 nitrogen and oxygen atoms in total. The van der Waals surface area contributed by atoms with Gasteiger partial charge in [-0.2, -0.15) is 5.10 Å². The van der Waals surface area contributed by atoms with Crippen LogP contribution in [0.15, 0.2) is 60.8 Å². The Balaban J connectivity index is 1.56. The summed E-state index contributed by atoms with van der Waals surface area (Å²) >= 11 is 0. The fourth-order valence-corrected chi connectivity index (χ4v) is 3.89. The summed E-state index contributed by atoms with van der Waals surface area (Å²) in [5.74, 6) is 0.264. The lowest BCUT2D eigenvalue weighted by molar-refractivity contribution is 0.0519. The number of carbonyl (C=O) groups excluding carboxylic acids is 2. The van der Waals surface area contributed by atoms with Gasteiger partial charge in [-0.05, 0) is 80.8 Å². The number of aryl methyl sites for hydroxylation is 1. The molecule has 4 aromatic rings. The van der Waals surface area contributed by atoms with Crippen LogP contribution >= 0.6 is 0 Å². The Bertz CT molecular complexity index is 1420. The average molecular weight is 502 g/mol. The summed E-state index contributed by atoms with van der Waals surface area (Å²) in [5.41, 5.74) is 4.04. The molecule has 2 aromatic carbocycles. The number of carbonyl (C=O) groups is 2. The van der Waals surface area contributed by atoms with E-state index in [-0.39, 0.29) is 18.1 Å². The number of alkyl carbamates (subject to hydrolysis) is 1. The van der Waals surface area contributed by atoms with Crippen LogP contribution in [0.5, 0.6) is 5.75 Å². The Hall–Kier alpha value is -4.40. The van der Waals surface area contributed by atoms with E-state index in [9.17, 15) is 9.59 Å². The first-order valence-corrected chi connectivity index (χ1v) is 12.0. The standard InChI is InChI=1S/C28H31N5O4/c1-17-22-14-18(9-10-23(22)33-32-17)19-11-12-29-24(15-19)26(34)31-25(16-30-27(35)37-28(2,3)4)20-7-6-8-21(13-20)36-5/h6-15,25H,16H2,1-5H3,(H,30,35)(H,31,34)(H,32,33). The molecule has 2 heterocycles. The number of pyridine rings is 1. The van der Waals surface area contributed by atoms with Gasteiger partial charge in [0.2, 0.25) is 0 Å². The number of nitrogens with one attached hydrogen (secondary N) is 3. The molecular weight excluding hydrogens is 470 g/mol. The lowest BCUT2D eigenvalue weighted by atomic mass is 10.0. The summed E-state index contributed by atoms with van der Waals surface area (Å²) in [6, 6.07) is 16.3. The number of aromatic nitrogens is 3. The summed E-state index contributed by atoms with van der Waals surface area (Å²) in [6.45, 7) is 7.45.